The Balaban J connectivity index is 2.46. The summed E-state index contributed by atoms with van der Waals surface area (Å²) in [6.45, 7) is 4.91. The highest BCUT2D eigenvalue weighted by Crippen LogP contribution is 2.17. The number of hydrogen-bond donors (Lipinski definition) is 1. The van der Waals surface area contributed by atoms with Crippen LogP contribution in [-0.4, -0.2) is 12.3 Å². The van der Waals surface area contributed by atoms with Gasteiger partial charge in [-0.15, -0.1) is 0 Å². The Bertz CT molecular complexity index is 342. The van der Waals surface area contributed by atoms with E-state index in [1.807, 2.05) is 31.2 Å². The minimum absolute atomic E-state index is 0.250. The summed E-state index contributed by atoms with van der Waals surface area (Å²) >= 11 is 0. The number of carbonyl (C=O) groups is 1. The highest BCUT2D eigenvalue weighted by molar-refractivity contribution is 5.96. The van der Waals surface area contributed by atoms with Gasteiger partial charge in [0.15, 0.2) is 5.78 Å². The van der Waals surface area contributed by atoms with Crippen molar-refractivity contribution < 1.29 is 4.79 Å². The molecule has 0 saturated heterocycles. The Kier molecular flexibility index (Phi) is 5.92. The number of Topliss-reactive ketones (excluding diaryl/α,β-unsaturated/α-hetero) is 1. The second-order valence-electron chi connectivity index (χ2n) is 4.68. The van der Waals surface area contributed by atoms with E-state index in [1.165, 1.54) is 5.56 Å². The van der Waals surface area contributed by atoms with Gasteiger partial charge in [-0.2, -0.15) is 0 Å². The highest BCUT2D eigenvalue weighted by atomic mass is 16.1. The van der Waals surface area contributed by atoms with Crippen molar-refractivity contribution in [3.63, 3.8) is 0 Å². The van der Waals surface area contributed by atoms with Crippen molar-refractivity contribution in [3.05, 3.63) is 35.4 Å². The Morgan fingerprint density at radius 2 is 1.88 bits per heavy atom. The van der Waals surface area contributed by atoms with Crippen LogP contribution in [0.25, 0.3) is 0 Å². The zero-order chi connectivity index (χ0) is 12.7. The van der Waals surface area contributed by atoms with Gasteiger partial charge < -0.3 is 5.73 Å². The molecule has 0 radical (unpaired) electrons. The van der Waals surface area contributed by atoms with Gasteiger partial charge in [0.25, 0.3) is 0 Å². The van der Waals surface area contributed by atoms with Gasteiger partial charge >= 0.3 is 0 Å². The minimum atomic E-state index is 0.250. The predicted octanol–water partition coefficient (Wildman–Crippen LogP) is 3.33. The van der Waals surface area contributed by atoms with E-state index in [2.05, 4.69) is 6.92 Å². The molecule has 0 fully saturated rings. The van der Waals surface area contributed by atoms with E-state index in [1.54, 1.807) is 0 Å². The molecule has 0 aliphatic carbocycles. The lowest BCUT2D eigenvalue weighted by Gasteiger charge is -2.12. The molecule has 0 spiro atoms. The molecule has 0 amide bonds. The van der Waals surface area contributed by atoms with Crippen LogP contribution >= 0.6 is 0 Å². The molecule has 1 atom stereocenters. The lowest BCUT2D eigenvalue weighted by Crippen LogP contribution is -2.10. The average Bonchev–Trinajstić information content (AvgIpc) is 2.35. The highest BCUT2D eigenvalue weighted by Gasteiger charge is 2.10. The fraction of sp³-hybridized carbons (Fsp3) is 0.533. The Morgan fingerprint density at radius 3 is 2.41 bits per heavy atom. The third-order valence-corrected chi connectivity index (χ3v) is 3.31. The van der Waals surface area contributed by atoms with Crippen molar-refractivity contribution in [2.75, 3.05) is 6.54 Å². The van der Waals surface area contributed by atoms with Gasteiger partial charge in [0.05, 0.1) is 0 Å². The van der Waals surface area contributed by atoms with Crippen LogP contribution in [0.3, 0.4) is 0 Å². The molecule has 1 aromatic carbocycles. The molecule has 1 rings (SSSR count). The van der Waals surface area contributed by atoms with Crippen molar-refractivity contribution >= 4 is 5.78 Å². The summed E-state index contributed by atoms with van der Waals surface area (Å²) in [7, 11) is 0. The van der Waals surface area contributed by atoms with Crippen molar-refractivity contribution in [3.8, 4) is 0 Å². The van der Waals surface area contributed by atoms with Crippen LogP contribution in [0.1, 0.15) is 48.5 Å². The molecule has 2 nitrogen and oxygen atoms in total. The summed E-state index contributed by atoms with van der Waals surface area (Å²) in [5.74, 6) is 0.842. The van der Waals surface area contributed by atoms with E-state index in [9.17, 15) is 4.79 Å². The molecule has 0 aromatic heterocycles. The van der Waals surface area contributed by atoms with Crippen LogP contribution in [0.4, 0.5) is 0 Å². The Labute approximate surface area is 104 Å². The first-order valence-electron chi connectivity index (χ1n) is 6.47. The third-order valence-electron chi connectivity index (χ3n) is 3.31. The summed E-state index contributed by atoms with van der Waals surface area (Å²) in [4.78, 5) is 11.9. The number of carbonyl (C=O) groups excluding carboxylic acids is 1. The number of hydrogen-bond acceptors (Lipinski definition) is 2. The van der Waals surface area contributed by atoms with Crippen LogP contribution in [0.2, 0.25) is 0 Å². The standard InChI is InChI=1S/C15H23NO/c1-3-13(10-11-16)6-9-15(17)14-7-4-12(2)5-8-14/h4-5,7-8,13H,3,6,9-11,16H2,1-2H3. The van der Waals surface area contributed by atoms with E-state index < -0.39 is 0 Å². The van der Waals surface area contributed by atoms with Crippen molar-refractivity contribution in [2.45, 2.75) is 39.5 Å². The molecule has 0 bridgehead atoms. The fourth-order valence-corrected chi connectivity index (χ4v) is 2.01. The molecule has 0 saturated carbocycles. The number of aryl methyl sites for hydroxylation is 1. The molecule has 1 aromatic rings. The number of ketones is 1. The van der Waals surface area contributed by atoms with Gasteiger partial charge in [-0.3, -0.25) is 4.79 Å². The first-order chi connectivity index (χ1) is 8.17. The summed E-state index contributed by atoms with van der Waals surface area (Å²) < 4.78 is 0. The zero-order valence-electron chi connectivity index (χ0n) is 10.9. The van der Waals surface area contributed by atoms with E-state index in [-0.39, 0.29) is 5.78 Å². The molecule has 0 aliphatic rings. The summed E-state index contributed by atoms with van der Waals surface area (Å²) in [5.41, 5.74) is 7.58. The van der Waals surface area contributed by atoms with Gasteiger partial charge in [-0.05, 0) is 32.2 Å². The van der Waals surface area contributed by atoms with Crippen LogP contribution in [0, 0.1) is 12.8 Å². The fourth-order valence-electron chi connectivity index (χ4n) is 2.01. The number of nitrogens with two attached hydrogens (primary N) is 1. The quantitative estimate of drug-likeness (QED) is 0.734. The topological polar surface area (TPSA) is 43.1 Å². The molecule has 2 heteroatoms. The van der Waals surface area contributed by atoms with Gasteiger partial charge in [-0.25, -0.2) is 0 Å². The van der Waals surface area contributed by atoms with Crippen LogP contribution in [0.15, 0.2) is 24.3 Å². The molecule has 17 heavy (non-hydrogen) atoms. The first kappa shape index (κ1) is 13.9. The average molecular weight is 233 g/mol. The summed E-state index contributed by atoms with van der Waals surface area (Å²) in [5, 5.41) is 0. The maximum Gasteiger partial charge on any atom is 0.162 e. The molecule has 0 aliphatic heterocycles. The Hall–Kier alpha value is -1.15. The van der Waals surface area contributed by atoms with Crippen LogP contribution in [-0.2, 0) is 0 Å². The van der Waals surface area contributed by atoms with E-state index in [0.717, 1.165) is 31.4 Å². The lowest BCUT2D eigenvalue weighted by atomic mass is 9.94. The second-order valence-corrected chi connectivity index (χ2v) is 4.68. The molecule has 1 unspecified atom stereocenters. The van der Waals surface area contributed by atoms with Crippen molar-refractivity contribution in [1.82, 2.24) is 0 Å². The summed E-state index contributed by atoms with van der Waals surface area (Å²) in [6.07, 6.45) is 3.73. The van der Waals surface area contributed by atoms with Crippen molar-refractivity contribution in [2.24, 2.45) is 11.7 Å². The third kappa shape index (κ3) is 4.70. The van der Waals surface area contributed by atoms with Crippen LogP contribution < -0.4 is 5.73 Å². The SMILES string of the molecule is CCC(CCN)CCC(=O)c1ccc(C)cc1. The van der Waals surface area contributed by atoms with Gasteiger partial charge in [-0.1, -0.05) is 43.2 Å². The lowest BCUT2D eigenvalue weighted by molar-refractivity contribution is 0.0972. The molecule has 94 valence electrons. The molecular weight excluding hydrogens is 210 g/mol. The maximum atomic E-state index is 11.9. The molecule has 2 N–H and O–H groups in total. The molecular formula is C15H23NO. The molecule has 0 heterocycles. The number of rotatable bonds is 7. The van der Waals surface area contributed by atoms with Crippen molar-refractivity contribution in [1.29, 1.82) is 0 Å². The normalized spacial score (nSPS) is 12.4. The minimum Gasteiger partial charge on any atom is -0.330 e. The largest absolute Gasteiger partial charge is 0.330 e. The van der Waals surface area contributed by atoms with E-state index >= 15 is 0 Å². The summed E-state index contributed by atoms with van der Waals surface area (Å²) in [6, 6.07) is 7.82. The second kappa shape index (κ2) is 7.23. The monoisotopic (exact) mass is 233 g/mol. The maximum absolute atomic E-state index is 11.9. The van der Waals surface area contributed by atoms with E-state index in [4.69, 9.17) is 5.73 Å². The number of benzene rings is 1. The van der Waals surface area contributed by atoms with Gasteiger partial charge in [0.1, 0.15) is 0 Å². The predicted molar refractivity (Wildman–Crippen MR) is 72.2 cm³/mol. The zero-order valence-corrected chi connectivity index (χ0v) is 10.9. The first-order valence-corrected chi connectivity index (χ1v) is 6.47. The van der Waals surface area contributed by atoms with Gasteiger partial charge in [0, 0.05) is 12.0 Å². The van der Waals surface area contributed by atoms with Gasteiger partial charge in [0.2, 0.25) is 0 Å². The Morgan fingerprint density at radius 1 is 1.24 bits per heavy atom. The van der Waals surface area contributed by atoms with E-state index in [0.29, 0.717) is 12.3 Å². The smallest absolute Gasteiger partial charge is 0.162 e. The van der Waals surface area contributed by atoms with Crippen LogP contribution in [0.5, 0.6) is 0 Å².